The third-order valence-corrected chi connectivity index (χ3v) is 5.91. The summed E-state index contributed by atoms with van der Waals surface area (Å²) < 4.78 is 1.89. The van der Waals surface area contributed by atoms with Crippen molar-refractivity contribution in [3.63, 3.8) is 0 Å². The molecule has 1 heterocycles. The zero-order valence-electron chi connectivity index (χ0n) is 17.4. The van der Waals surface area contributed by atoms with Crippen LogP contribution in [0.1, 0.15) is 40.0 Å². The third kappa shape index (κ3) is 4.66. The van der Waals surface area contributed by atoms with Crippen LogP contribution in [0.5, 0.6) is 0 Å². The van der Waals surface area contributed by atoms with E-state index >= 15 is 0 Å². The number of carboxylic acid groups (broad SMARTS) is 1. The molecule has 4 rings (SSSR count). The molecule has 1 atom stereocenters. The molecule has 4 nitrogen and oxygen atoms in total. The summed E-state index contributed by atoms with van der Waals surface area (Å²) in [6, 6.07) is 25.7. The fraction of sp³-hybridized carbons (Fsp3) is 0.192. The van der Waals surface area contributed by atoms with Gasteiger partial charge in [0.1, 0.15) is 5.69 Å². The number of halogens is 1. The van der Waals surface area contributed by atoms with E-state index in [1.54, 1.807) is 0 Å². The monoisotopic (exact) mass is 432 g/mol. The SMILES string of the molecule is C[C@@H](CNCc1c(C(=O)O)n(Cc2ccc(Cl)cc2)c2ccccc12)c1ccccc1. The van der Waals surface area contributed by atoms with E-state index in [4.69, 9.17) is 11.6 Å². The molecule has 31 heavy (non-hydrogen) atoms. The largest absolute Gasteiger partial charge is 0.477 e. The van der Waals surface area contributed by atoms with Crippen LogP contribution in [-0.2, 0) is 13.1 Å². The minimum absolute atomic E-state index is 0.330. The van der Waals surface area contributed by atoms with Crippen molar-refractivity contribution in [2.45, 2.75) is 25.9 Å². The number of para-hydroxylation sites is 1. The maximum atomic E-state index is 12.3. The summed E-state index contributed by atoms with van der Waals surface area (Å²) in [6.45, 7) is 3.90. The van der Waals surface area contributed by atoms with Gasteiger partial charge in [0.25, 0.3) is 0 Å². The van der Waals surface area contributed by atoms with Crippen molar-refractivity contribution in [1.29, 1.82) is 0 Å². The molecule has 0 unspecified atom stereocenters. The minimum atomic E-state index is -0.918. The molecule has 0 fully saturated rings. The molecule has 0 aliphatic heterocycles. The number of aromatic nitrogens is 1. The van der Waals surface area contributed by atoms with Crippen molar-refractivity contribution in [2.24, 2.45) is 0 Å². The van der Waals surface area contributed by atoms with Gasteiger partial charge in [-0.2, -0.15) is 0 Å². The molecule has 3 aromatic carbocycles. The Bertz CT molecular complexity index is 1180. The Morgan fingerprint density at radius 1 is 1.00 bits per heavy atom. The second kappa shape index (κ2) is 9.38. The lowest BCUT2D eigenvalue weighted by Gasteiger charge is -2.14. The Hall–Kier alpha value is -3.08. The number of benzene rings is 3. The fourth-order valence-electron chi connectivity index (χ4n) is 4.05. The van der Waals surface area contributed by atoms with Crippen LogP contribution in [0.3, 0.4) is 0 Å². The van der Waals surface area contributed by atoms with Gasteiger partial charge >= 0.3 is 5.97 Å². The van der Waals surface area contributed by atoms with Crippen molar-refractivity contribution in [2.75, 3.05) is 6.54 Å². The molecular formula is C26H25ClN2O2. The second-order valence-electron chi connectivity index (χ2n) is 7.80. The fourth-order valence-corrected chi connectivity index (χ4v) is 4.17. The van der Waals surface area contributed by atoms with Gasteiger partial charge in [0, 0.05) is 41.1 Å². The number of carbonyl (C=O) groups is 1. The Morgan fingerprint density at radius 2 is 1.68 bits per heavy atom. The first-order valence-corrected chi connectivity index (χ1v) is 10.8. The van der Waals surface area contributed by atoms with Crippen LogP contribution in [0.4, 0.5) is 0 Å². The van der Waals surface area contributed by atoms with Crippen LogP contribution >= 0.6 is 11.6 Å². The Kier molecular flexibility index (Phi) is 6.40. The Balaban J connectivity index is 1.64. The molecule has 0 aliphatic rings. The molecular weight excluding hydrogens is 408 g/mol. The van der Waals surface area contributed by atoms with Crippen LogP contribution in [0.25, 0.3) is 10.9 Å². The van der Waals surface area contributed by atoms with Crippen molar-refractivity contribution in [3.05, 3.63) is 106 Å². The van der Waals surface area contributed by atoms with Gasteiger partial charge in [-0.25, -0.2) is 4.79 Å². The van der Waals surface area contributed by atoms with Gasteiger partial charge in [0.05, 0.1) is 0 Å². The highest BCUT2D eigenvalue weighted by atomic mass is 35.5. The number of fused-ring (bicyclic) bond motifs is 1. The predicted octanol–water partition coefficient (Wildman–Crippen LogP) is 5.93. The zero-order valence-corrected chi connectivity index (χ0v) is 18.1. The van der Waals surface area contributed by atoms with E-state index in [0.717, 1.165) is 28.6 Å². The summed E-state index contributed by atoms with van der Waals surface area (Å²) >= 11 is 6.01. The summed E-state index contributed by atoms with van der Waals surface area (Å²) in [6.07, 6.45) is 0. The topological polar surface area (TPSA) is 54.3 Å². The lowest BCUT2D eigenvalue weighted by Crippen LogP contribution is -2.21. The van der Waals surface area contributed by atoms with E-state index in [0.29, 0.717) is 29.7 Å². The maximum absolute atomic E-state index is 12.3. The molecule has 0 spiro atoms. The van der Waals surface area contributed by atoms with Crippen LogP contribution in [-0.4, -0.2) is 22.2 Å². The van der Waals surface area contributed by atoms with E-state index < -0.39 is 5.97 Å². The van der Waals surface area contributed by atoms with Gasteiger partial charge in [-0.3, -0.25) is 0 Å². The lowest BCUT2D eigenvalue weighted by molar-refractivity contribution is 0.0685. The highest BCUT2D eigenvalue weighted by molar-refractivity contribution is 6.30. The van der Waals surface area contributed by atoms with E-state index in [1.165, 1.54) is 5.56 Å². The van der Waals surface area contributed by atoms with E-state index in [1.807, 2.05) is 71.3 Å². The van der Waals surface area contributed by atoms with Gasteiger partial charge in [-0.1, -0.05) is 79.2 Å². The van der Waals surface area contributed by atoms with Crippen LogP contribution in [0.15, 0.2) is 78.9 Å². The van der Waals surface area contributed by atoms with Crippen LogP contribution in [0.2, 0.25) is 5.02 Å². The van der Waals surface area contributed by atoms with Crippen molar-refractivity contribution >= 4 is 28.5 Å². The number of nitrogens with zero attached hydrogens (tertiary/aromatic N) is 1. The molecule has 158 valence electrons. The van der Waals surface area contributed by atoms with Crippen LogP contribution < -0.4 is 5.32 Å². The summed E-state index contributed by atoms with van der Waals surface area (Å²) in [4.78, 5) is 12.3. The number of nitrogens with one attached hydrogen (secondary N) is 1. The lowest BCUT2D eigenvalue weighted by atomic mass is 10.0. The maximum Gasteiger partial charge on any atom is 0.352 e. The Morgan fingerprint density at radius 3 is 2.39 bits per heavy atom. The first-order chi connectivity index (χ1) is 15.0. The standard InChI is InChI=1S/C26H25ClN2O2/c1-18(20-7-3-2-4-8-20)15-28-16-23-22-9-5-6-10-24(22)29(25(23)26(30)31)17-19-11-13-21(27)14-12-19/h2-14,18,28H,15-17H2,1H3,(H,30,31)/t18-/m0/s1. The minimum Gasteiger partial charge on any atom is -0.477 e. The van der Waals surface area contributed by atoms with Gasteiger partial charge < -0.3 is 15.0 Å². The molecule has 5 heteroatoms. The summed E-state index contributed by atoms with van der Waals surface area (Å²) in [7, 11) is 0. The first kappa shape index (κ1) is 21.2. The summed E-state index contributed by atoms with van der Waals surface area (Å²) in [5.74, 6) is -0.588. The molecule has 0 aliphatic carbocycles. The molecule has 1 aromatic heterocycles. The average molecular weight is 433 g/mol. The predicted molar refractivity (Wildman–Crippen MR) is 126 cm³/mol. The van der Waals surface area contributed by atoms with Gasteiger partial charge in [0.15, 0.2) is 0 Å². The van der Waals surface area contributed by atoms with E-state index in [2.05, 4.69) is 24.4 Å². The quantitative estimate of drug-likeness (QED) is 0.362. The highest BCUT2D eigenvalue weighted by Crippen LogP contribution is 2.28. The molecule has 0 bridgehead atoms. The zero-order chi connectivity index (χ0) is 21.8. The van der Waals surface area contributed by atoms with Crippen molar-refractivity contribution < 1.29 is 9.90 Å². The highest BCUT2D eigenvalue weighted by Gasteiger charge is 2.22. The number of hydrogen-bond donors (Lipinski definition) is 2. The summed E-state index contributed by atoms with van der Waals surface area (Å²) in [5.41, 5.74) is 4.33. The number of rotatable bonds is 8. The molecule has 2 N–H and O–H groups in total. The second-order valence-corrected chi connectivity index (χ2v) is 8.24. The molecule has 0 saturated heterocycles. The number of aromatic carboxylic acids is 1. The Labute approximate surface area is 187 Å². The molecule has 0 amide bonds. The average Bonchev–Trinajstić information content (AvgIpc) is 3.09. The van der Waals surface area contributed by atoms with Crippen molar-refractivity contribution in [3.8, 4) is 0 Å². The van der Waals surface area contributed by atoms with Gasteiger partial charge in [-0.05, 0) is 35.2 Å². The smallest absolute Gasteiger partial charge is 0.352 e. The van der Waals surface area contributed by atoms with E-state index in [9.17, 15) is 9.90 Å². The molecule has 0 radical (unpaired) electrons. The number of hydrogen-bond acceptors (Lipinski definition) is 2. The van der Waals surface area contributed by atoms with E-state index in [-0.39, 0.29) is 0 Å². The first-order valence-electron chi connectivity index (χ1n) is 10.4. The van der Waals surface area contributed by atoms with Gasteiger partial charge in [-0.15, -0.1) is 0 Å². The normalized spacial score (nSPS) is 12.2. The van der Waals surface area contributed by atoms with Crippen LogP contribution in [0, 0.1) is 0 Å². The molecule has 0 saturated carbocycles. The number of carboxylic acids is 1. The summed E-state index contributed by atoms with van der Waals surface area (Å²) in [5, 5.41) is 15.2. The molecule has 4 aromatic rings. The van der Waals surface area contributed by atoms with Gasteiger partial charge in [0.2, 0.25) is 0 Å². The van der Waals surface area contributed by atoms with Crippen molar-refractivity contribution in [1.82, 2.24) is 9.88 Å². The third-order valence-electron chi connectivity index (χ3n) is 5.65.